The van der Waals surface area contributed by atoms with E-state index >= 15 is 0 Å². The fourth-order valence-electron chi connectivity index (χ4n) is 1.43. The van der Waals surface area contributed by atoms with Crippen molar-refractivity contribution in [3.63, 3.8) is 0 Å². The third-order valence-electron chi connectivity index (χ3n) is 2.90. The molecule has 16 heavy (non-hydrogen) atoms. The molecule has 0 unspecified atom stereocenters. The second-order valence-corrected chi connectivity index (χ2v) is 7.44. The standard InChI is InChI=1S/C11H19N3S2/c1-10(2,3)8-13-9(16-14-8)12-7-11(15-4)5-6-11/h5-7H2,1-4H3,(H,12,13,14). The number of rotatable bonds is 4. The number of hydrogen-bond donors (Lipinski definition) is 1. The fraction of sp³-hybridized carbons (Fsp3) is 0.818. The third kappa shape index (κ3) is 2.69. The van der Waals surface area contributed by atoms with Gasteiger partial charge in [0.05, 0.1) is 0 Å². The van der Waals surface area contributed by atoms with Gasteiger partial charge >= 0.3 is 0 Å². The van der Waals surface area contributed by atoms with E-state index in [9.17, 15) is 0 Å². The summed E-state index contributed by atoms with van der Waals surface area (Å²) in [5, 5.41) is 4.38. The summed E-state index contributed by atoms with van der Waals surface area (Å²) in [6, 6.07) is 0. The highest BCUT2D eigenvalue weighted by molar-refractivity contribution is 8.00. The van der Waals surface area contributed by atoms with Crippen molar-refractivity contribution in [3.8, 4) is 0 Å². The summed E-state index contributed by atoms with van der Waals surface area (Å²) in [6.45, 7) is 7.45. The molecule has 0 radical (unpaired) electrons. The summed E-state index contributed by atoms with van der Waals surface area (Å²) in [7, 11) is 0. The van der Waals surface area contributed by atoms with Gasteiger partial charge in [0.2, 0.25) is 5.13 Å². The minimum absolute atomic E-state index is 0.0488. The molecule has 5 heteroatoms. The quantitative estimate of drug-likeness (QED) is 0.899. The molecule has 1 fully saturated rings. The van der Waals surface area contributed by atoms with Crippen molar-refractivity contribution < 1.29 is 0 Å². The van der Waals surface area contributed by atoms with E-state index in [1.54, 1.807) is 0 Å². The number of nitrogens with one attached hydrogen (secondary N) is 1. The van der Waals surface area contributed by atoms with Gasteiger partial charge in [0.1, 0.15) is 5.82 Å². The second-order valence-electron chi connectivity index (χ2n) is 5.41. The number of nitrogens with zero attached hydrogens (tertiary/aromatic N) is 2. The zero-order valence-corrected chi connectivity index (χ0v) is 12.0. The molecule has 3 nitrogen and oxygen atoms in total. The summed E-state index contributed by atoms with van der Waals surface area (Å²) in [5.74, 6) is 0.939. The topological polar surface area (TPSA) is 37.8 Å². The maximum atomic E-state index is 4.53. The lowest BCUT2D eigenvalue weighted by molar-refractivity contribution is 0.555. The molecule has 1 aliphatic rings. The van der Waals surface area contributed by atoms with Crippen LogP contribution >= 0.6 is 23.3 Å². The van der Waals surface area contributed by atoms with Crippen molar-refractivity contribution >= 4 is 28.4 Å². The molecule has 1 aliphatic carbocycles. The lowest BCUT2D eigenvalue weighted by atomic mass is 9.96. The van der Waals surface area contributed by atoms with E-state index in [4.69, 9.17) is 0 Å². The van der Waals surface area contributed by atoms with Crippen LogP contribution in [0.5, 0.6) is 0 Å². The normalized spacial score (nSPS) is 18.5. The number of hydrogen-bond acceptors (Lipinski definition) is 5. The van der Waals surface area contributed by atoms with Crippen molar-refractivity contribution in [2.75, 3.05) is 18.1 Å². The first-order valence-electron chi connectivity index (χ1n) is 5.58. The molecular formula is C11H19N3S2. The predicted molar refractivity (Wildman–Crippen MR) is 72.6 cm³/mol. The lowest BCUT2D eigenvalue weighted by Crippen LogP contribution is -2.18. The molecule has 0 saturated heterocycles. The van der Waals surface area contributed by atoms with E-state index in [-0.39, 0.29) is 5.41 Å². The van der Waals surface area contributed by atoms with E-state index < -0.39 is 0 Å². The van der Waals surface area contributed by atoms with Crippen LogP contribution in [0.15, 0.2) is 0 Å². The van der Waals surface area contributed by atoms with Gasteiger partial charge < -0.3 is 5.32 Å². The van der Waals surface area contributed by atoms with Crippen LogP contribution in [0.3, 0.4) is 0 Å². The Labute approximate surface area is 106 Å². The molecule has 1 saturated carbocycles. The summed E-state index contributed by atoms with van der Waals surface area (Å²) in [4.78, 5) is 4.53. The van der Waals surface area contributed by atoms with Crippen molar-refractivity contribution in [2.24, 2.45) is 0 Å². The van der Waals surface area contributed by atoms with Gasteiger partial charge in [-0.15, -0.1) is 0 Å². The van der Waals surface area contributed by atoms with E-state index in [2.05, 4.69) is 41.7 Å². The van der Waals surface area contributed by atoms with Crippen molar-refractivity contribution in [1.82, 2.24) is 9.36 Å². The molecule has 90 valence electrons. The fourth-order valence-corrected chi connectivity index (χ4v) is 2.91. The molecule has 0 amide bonds. The molecule has 0 bridgehead atoms. The first-order valence-corrected chi connectivity index (χ1v) is 7.58. The third-order valence-corrected chi connectivity index (χ3v) is 4.99. The average Bonchev–Trinajstić information content (AvgIpc) is 2.83. The number of aromatic nitrogens is 2. The summed E-state index contributed by atoms with van der Waals surface area (Å²) in [5.41, 5.74) is 0.0488. The number of thioether (sulfide) groups is 1. The van der Waals surface area contributed by atoms with Gasteiger partial charge in [-0.25, -0.2) is 4.98 Å². The van der Waals surface area contributed by atoms with E-state index in [1.807, 2.05) is 11.8 Å². The second kappa shape index (κ2) is 4.18. The van der Waals surface area contributed by atoms with Crippen molar-refractivity contribution in [1.29, 1.82) is 0 Å². The molecule has 1 aromatic rings. The SMILES string of the molecule is CSC1(CNc2nc(C(C)(C)C)ns2)CC1. The predicted octanol–water partition coefficient (Wildman–Crippen LogP) is 3.14. The molecule has 1 aromatic heterocycles. The Morgan fingerprint density at radius 2 is 2.12 bits per heavy atom. The van der Waals surface area contributed by atoms with Crippen molar-refractivity contribution in [3.05, 3.63) is 5.82 Å². The highest BCUT2D eigenvalue weighted by atomic mass is 32.2. The maximum absolute atomic E-state index is 4.53. The molecule has 0 spiro atoms. The number of anilines is 1. The van der Waals surface area contributed by atoms with E-state index in [0.717, 1.165) is 17.5 Å². The van der Waals surface area contributed by atoms with E-state index in [0.29, 0.717) is 4.75 Å². The van der Waals surface area contributed by atoms with Gasteiger partial charge in [-0.2, -0.15) is 16.1 Å². The van der Waals surface area contributed by atoms with Gasteiger partial charge in [0.15, 0.2) is 0 Å². The Bertz CT molecular complexity index is 364. The molecule has 0 atom stereocenters. The van der Waals surface area contributed by atoms with Gasteiger partial charge in [0, 0.05) is 28.2 Å². The maximum Gasteiger partial charge on any atom is 0.202 e. The summed E-state index contributed by atoms with van der Waals surface area (Å²) >= 11 is 3.44. The average molecular weight is 257 g/mol. The Morgan fingerprint density at radius 3 is 2.56 bits per heavy atom. The van der Waals surface area contributed by atoms with Crippen LogP contribution in [0.25, 0.3) is 0 Å². The smallest absolute Gasteiger partial charge is 0.202 e. The van der Waals surface area contributed by atoms with Crippen LogP contribution in [0.1, 0.15) is 39.4 Å². The highest BCUT2D eigenvalue weighted by Crippen LogP contribution is 2.47. The van der Waals surface area contributed by atoms with Crippen LogP contribution in [0.2, 0.25) is 0 Å². The first-order chi connectivity index (χ1) is 7.45. The summed E-state index contributed by atoms with van der Waals surface area (Å²) < 4.78 is 4.88. The Balaban J connectivity index is 1.93. The lowest BCUT2D eigenvalue weighted by Gasteiger charge is -2.13. The molecule has 0 aromatic carbocycles. The zero-order chi connectivity index (χ0) is 11.8. The van der Waals surface area contributed by atoms with Gasteiger partial charge in [-0.1, -0.05) is 20.8 Å². The Morgan fingerprint density at radius 1 is 1.44 bits per heavy atom. The first kappa shape index (κ1) is 12.2. The monoisotopic (exact) mass is 257 g/mol. The van der Waals surface area contributed by atoms with Gasteiger partial charge in [-0.05, 0) is 19.1 Å². The van der Waals surface area contributed by atoms with Crippen LogP contribution in [0.4, 0.5) is 5.13 Å². The Kier molecular flexibility index (Phi) is 3.18. The van der Waals surface area contributed by atoms with Crippen LogP contribution < -0.4 is 5.32 Å². The molecule has 0 aliphatic heterocycles. The van der Waals surface area contributed by atoms with Gasteiger partial charge in [0.25, 0.3) is 0 Å². The van der Waals surface area contributed by atoms with E-state index in [1.165, 1.54) is 24.4 Å². The minimum Gasteiger partial charge on any atom is -0.359 e. The van der Waals surface area contributed by atoms with Crippen molar-refractivity contribution in [2.45, 2.75) is 43.8 Å². The van der Waals surface area contributed by atoms with Crippen LogP contribution in [-0.2, 0) is 5.41 Å². The van der Waals surface area contributed by atoms with Crippen LogP contribution in [-0.4, -0.2) is 26.9 Å². The highest BCUT2D eigenvalue weighted by Gasteiger charge is 2.41. The summed E-state index contributed by atoms with van der Waals surface area (Å²) in [6.07, 6.45) is 4.84. The van der Waals surface area contributed by atoms with Crippen LogP contribution in [0, 0.1) is 0 Å². The molecular weight excluding hydrogens is 238 g/mol. The molecule has 2 rings (SSSR count). The molecule has 1 heterocycles. The Hall–Kier alpha value is -0.290. The zero-order valence-electron chi connectivity index (χ0n) is 10.3. The largest absolute Gasteiger partial charge is 0.359 e. The minimum atomic E-state index is 0.0488. The van der Waals surface area contributed by atoms with Gasteiger partial charge in [-0.3, -0.25) is 0 Å². The molecule has 1 N–H and O–H groups in total.